The van der Waals surface area contributed by atoms with Gasteiger partial charge >= 0.3 is 12.0 Å². The number of esters is 1. The number of amides is 2. The molecule has 0 saturated carbocycles. The van der Waals surface area contributed by atoms with Crippen molar-refractivity contribution in [2.75, 3.05) is 11.9 Å². The lowest BCUT2D eigenvalue weighted by molar-refractivity contribution is -0.143. The average Bonchev–Trinajstić information content (AvgIpc) is 2.80. The van der Waals surface area contributed by atoms with Crippen molar-refractivity contribution in [2.24, 2.45) is 7.05 Å². The van der Waals surface area contributed by atoms with Crippen molar-refractivity contribution in [2.45, 2.75) is 40.2 Å². The summed E-state index contributed by atoms with van der Waals surface area (Å²) >= 11 is 0. The maximum Gasteiger partial charge on any atom is 0.319 e. The molecule has 0 aliphatic carbocycles. The Labute approximate surface area is 208 Å². The van der Waals surface area contributed by atoms with Crippen LogP contribution in [0.15, 0.2) is 47.3 Å². The molecule has 1 atom stereocenters. The Morgan fingerprint density at radius 2 is 1.78 bits per heavy atom. The Balaban J connectivity index is 1.99. The largest absolute Gasteiger partial charge is 0.505 e. The number of nitrogens with one attached hydrogen (secondary N) is 2. The molecular formula is C27H30FN3O5. The topological polar surface area (TPSA) is 110 Å². The monoisotopic (exact) mass is 495 g/mol. The highest BCUT2D eigenvalue weighted by Gasteiger charge is 2.23. The van der Waals surface area contributed by atoms with Crippen LogP contribution in [-0.4, -0.2) is 28.3 Å². The van der Waals surface area contributed by atoms with Crippen LogP contribution in [0.3, 0.4) is 0 Å². The quantitative estimate of drug-likeness (QED) is 0.414. The predicted octanol–water partition coefficient (Wildman–Crippen LogP) is 4.64. The fraction of sp³-hybridized carbons (Fsp3) is 0.296. The van der Waals surface area contributed by atoms with Gasteiger partial charge in [-0.05, 0) is 73.7 Å². The number of benzene rings is 2. The lowest BCUT2D eigenvalue weighted by Gasteiger charge is -2.21. The van der Waals surface area contributed by atoms with E-state index in [9.17, 15) is 23.9 Å². The number of anilines is 1. The Kier molecular flexibility index (Phi) is 8.14. The minimum Gasteiger partial charge on any atom is -0.505 e. The lowest BCUT2D eigenvalue weighted by atomic mass is 9.92. The first-order valence-corrected chi connectivity index (χ1v) is 11.5. The summed E-state index contributed by atoms with van der Waals surface area (Å²) in [5, 5.41) is 15.2. The number of aryl methyl sites for hydroxylation is 3. The van der Waals surface area contributed by atoms with E-state index in [1.165, 1.54) is 29.8 Å². The number of rotatable bonds is 7. The van der Waals surface area contributed by atoms with Crippen LogP contribution >= 0.6 is 0 Å². The number of hydrogen-bond donors (Lipinski definition) is 3. The third-order valence-corrected chi connectivity index (χ3v) is 5.96. The van der Waals surface area contributed by atoms with Crippen molar-refractivity contribution in [3.8, 4) is 16.9 Å². The van der Waals surface area contributed by atoms with Gasteiger partial charge in [-0.3, -0.25) is 9.59 Å². The van der Waals surface area contributed by atoms with Gasteiger partial charge in [0.25, 0.3) is 5.56 Å². The number of ether oxygens (including phenoxy) is 1. The molecule has 190 valence electrons. The van der Waals surface area contributed by atoms with Crippen LogP contribution in [0.4, 0.5) is 14.9 Å². The summed E-state index contributed by atoms with van der Waals surface area (Å²) < 4.78 is 21.1. The summed E-state index contributed by atoms with van der Waals surface area (Å²) in [7, 11) is 1.51. The van der Waals surface area contributed by atoms with Gasteiger partial charge in [-0.2, -0.15) is 0 Å². The standard InChI is InChI=1S/C27H30FN3O5/c1-6-36-23(33)14-21(29-27(35)30-25-22(32)10-17(4)31(5)26(25)34)18-11-19(13-20(28)12-18)24-15(2)8-7-9-16(24)3/h7-13,21,32H,6,14H2,1-5H3,(H2,29,30,35)/t21-/m0/s1. The van der Waals surface area contributed by atoms with Gasteiger partial charge in [0.05, 0.1) is 19.1 Å². The van der Waals surface area contributed by atoms with Crippen molar-refractivity contribution < 1.29 is 23.8 Å². The normalized spacial score (nSPS) is 11.6. The van der Waals surface area contributed by atoms with Crippen LogP contribution in [-0.2, 0) is 16.6 Å². The van der Waals surface area contributed by atoms with E-state index in [-0.39, 0.29) is 18.7 Å². The second-order valence-electron chi connectivity index (χ2n) is 8.61. The molecule has 2 amide bonds. The predicted molar refractivity (Wildman–Crippen MR) is 136 cm³/mol. The summed E-state index contributed by atoms with van der Waals surface area (Å²) in [6.07, 6.45) is -0.269. The molecule has 8 nitrogen and oxygen atoms in total. The average molecular weight is 496 g/mol. The number of hydrogen-bond acceptors (Lipinski definition) is 5. The molecule has 0 spiro atoms. The van der Waals surface area contributed by atoms with Crippen molar-refractivity contribution in [1.29, 1.82) is 0 Å². The van der Waals surface area contributed by atoms with E-state index >= 15 is 0 Å². The Morgan fingerprint density at radius 1 is 1.11 bits per heavy atom. The zero-order valence-corrected chi connectivity index (χ0v) is 20.9. The third-order valence-electron chi connectivity index (χ3n) is 5.96. The van der Waals surface area contributed by atoms with Crippen LogP contribution in [0.25, 0.3) is 11.1 Å². The van der Waals surface area contributed by atoms with Gasteiger partial charge in [-0.15, -0.1) is 0 Å². The van der Waals surface area contributed by atoms with E-state index in [2.05, 4.69) is 10.6 Å². The number of pyridine rings is 1. The third kappa shape index (κ3) is 5.91. The molecule has 36 heavy (non-hydrogen) atoms. The van der Waals surface area contributed by atoms with Crippen molar-refractivity contribution >= 4 is 17.7 Å². The van der Waals surface area contributed by atoms with E-state index in [0.717, 1.165) is 16.7 Å². The van der Waals surface area contributed by atoms with Crippen molar-refractivity contribution in [3.63, 3.8) is 0 Å². The number of aromatic hydroxyl groups is 1. The second kappa shape index (κ2) is 11.1. The maximum absolute atomic E-state index is 14.8. The maximum atomic E-state index is 14.8. The summed E-state index contributed by atoms with van der Waals surface area (Å²) in [5.74, 6) is -1.52. The fourth-order valence-electron chi connectivity index (χ4n) is 4.10. The van der Waals surface area contributed by atoms with Gasteiger partial charge in [-0.1, -0.05) is 18.2 Å². The van der Waals surface area contributed by atoms with Crippen LogP contribution in [0.1, 0.15) is 41.8 Å². The second-order valence-corrected chi connectivity index (χ2v) is 8.61. The van der Waals surface area contributed by atoms with Gasteiger partial charge in [0.2, 0.25) is 0 Å². The Morgan fingerprint density at radius 3 is 2.42 bits per heavy atom. The number of urea groups is 1. The summed E-state index contributed by atoms with van der Waals surface area (Å²) in [6.45, 7) is 7.27. The smallest absolute Gasteiger partial charge is 0.319 e. The molecule has 2 aromatic carbocycles. The van der Waals surface area contributed by atoms with E-state index in [0.29, 0.717) is 16.8 Å². The number of carbonyl (C=O) groups excluding carboxylic acids is 2. The van der Waals surface area contributed by atoms with Gasteiger partial charge in [-0.25, -0.2) is 9.18 Å². The first-order valence-electron chi connectivity index (χ1n) is 11.5. The molecular weight excluding hydrogens is 465 g/mol. The van der Waals surface area contributed by atoms with E-state index in [1.54, 1.807) is 19.9 Å². The molecule has 9 heteroatoms. The zero-order valence-electron chi connectivity index (χ0n) is 20.9. The molecule has 0 aliphatic rings. The van der Waals surface area contributed by atoms with Crippen molar-refractivity contribution in [1.82, 2.24) is 9.88 Å². The molecule has 0 radical (unpaired) electrons. The minimum absolute atomic E-state index is 0.141. The van der Waals surface area contributed by atoms with Gasteiger partial charge in [0.15, 0.2) is 5.69 Å². The number of aromatic nitrogens is 1. The van der Waals surface area contributed by atoms with E-state index in [4.69, 9.17) is 4.74 Å². The molecule has 1 heterocycles. The van der Waals surface area contributed by atoms with Crippen LogP contribution in [0.5, 0.6) is 5.75 Å². The number of nitrogens with zero attached hydrogens (tertiary/aromatic N) is 1. The van der Waals surface area contributed by atoms with Gasteiger partial charge < -0.3 is 25.0 Å². The molecule has 3 aromatic rings. The Bertz CT molecular complexity index is 1350. The van der Waals surface area contributed by atoms with Crippen LogP contribution in [0.2, 0.25) is 0 Å². The summed E-state index contributed by atoms with van der Waals surface area (Å²) in [4.78, 5) is 37.7. The highest BCUT2D eigenvalue weighted by molar-refractivity contribution is 5.91. The van der Waals surface area contributed by atoms with E-state index in [1.807, 2.05) is 32.0 Å². The van der Waals surface area contributed by atoms with Gasteiger partial charge in [0, 0.05) is 18.8 Å². The SMILES string of the molecule is CCOC(=O)C[C@H](NC(=O)Nc1c(O)cc(C)n(C)c1=O)c1cc(F)cc(-c2c(C)cccc2C)c1. The molecule has 3 N–H and O–H groups in total. The summed E-state index contributed by atoms with van der Waals surface area (Å²) in [5.41, 5.74) is 3.28. The van der Waals surface area contributed by atoms with Crippen LogP contribution < -0.4 is 16.2 Å². The molecule has 0 unspecified atom stereocenters. The minimum atomic E-state index is -0.973. The van der Waals surface area contributed by atoms with Gasteiger partial charge in [0.1, 0.15) is 11.6 Å². The zero-order chi connectivity index (χ0) is 26.6. The first kappa shape index (κ1) is 26.5. The van der Waals surface area contributed by atoms with Crippen molar-refractivity contribution in [3.05, 3.63) is 81.0 Å². The molecule has 0 fully saturated rings. The summed E-state index contributed by atoms with van der Waals surface area (Å²) in [6, 6.07) is 9.62. The molecule has 0 bridgehead atoms. The van der Waals surface area contributed by atoms with Crippen LogP contribution in [0, 0.1) is 26.6 Å². The molecule has 0 saturated heterocycles. The Hall–Kier alpha value is -4.14. The molecule has 1 aromatic heterocycles. The fourth-order valence-corrected chi connectivity index (χ4v) is 4.10. The molecule has 0 aliphatic heterocycles. The lowest BCUT2D eigenvalue weighted by Crippen LogP contribution is -2.36. The highest BCUT2D eigenvalue weighted by Crippen LogP contribution is 2.31. The van der Waals surface area contributed by atoms with E-state index < -0.39 is 35.2 Å². The molecule has 3 rings (SSSR count). The number of halogens is 1. The highest BCUT2D eigenvalue weighted by atomic mass is 19.1. The number of carbonyl (C=O) groups is 2. The first-order chi connectivity index (χ1) is 17.0.